The average Bonchev–Trinajstić information content (AvgIpc) is 3.54. The molecule has 64 heavy (non-hydrogen) atoms. The van der Waals surface area contributed by atoms with E-state index in [2.05, 4.69) is 67.6 Å². The topological polar surface area (TPSA) is 159 Å². The lowest BCUT2D eigenvalue weighted by molar-refractivity contribution is -0.122. The number of pyridine rings is 1. The number of aromatic nitrogens is 1. The summed E-state index contributed by atoms with van der Waals surface area (Å²) >= 11 is 2.08. The SMILES string of the molecule is COc1cc(/C=C(/CC[C@H]2OB(O)C[C@H]3C2=C(CO[Si](c2ccccc2)(c2ccccc2)C(C)(C)C)C[C@H]2C(=O)N(c4cccc(B(O)O)c4)C(=O)[C@H]23)c2ccccn2)cc(I)c1O. The zero-order chi connectivity index (χ0) is 45.3. The molecule has 1 aliphatic carbocycles. The van der Waals surface area contributed by atoms with Crippen molar-refractivity contribution in [3.8, 4) is 11.5 Å². The first kappa shape index (κ1) is 45.7. The molecule has 328 valence electrons. The Hall–Kier alpha value is -4.87. The van der Waals surface area contributed by atoms with Gasteiger partial charge in [-0.25, -0.2) is 0 Å². The number of aromatic hydroxyl groups is 1. The van der Waals surface area contributed by atoms with Crippen molar-refractivity contribution in [1.82, 2.24) is 4.98 Å². The maximum absolute atomic E-state index is 14.7. The van der Waals surface area contributed by atoms with E-state index in [1.807, 2.05) is 66.7 Å². The lowest BCUT2D eigenvalue weighted by Gasteiger charge is -2.46. The van der Waals surface area contributed by atoms with E-state index in [1.54, 1.807) is 24.4 Å². The Morgan fingerprint density at radius 2 is 1.62 bits per heavy atom. The monoisotopic (exact) mass is 988 g/mol. The lowest BCUT2D eigenvalue weighted by atomic mass is 9.58. The van der Waals surface area contributed by atoms with Gasteiger partial charge in [-0.1, -0.05) is 99.6 Å². The molecule has 0 radical (unpaired) electrons. The first-order valence-electron chi connectivity index (χ1n) is 21.5. The van der Waals surface area contributed by atoms with Gasteiger partial charge in [-0.05, 0) is 140 Å². The molecular formula is C49H51B2IN2O9Si. The minimum absolute atomic E-state index is 0.0582. The van der Waals surface area contributed by atoms with Crippen molar-refractivity contribution >= 4 is 90.1 Å². The average molecular weight is 989 g/mol. The minimum atomic E-state index is -3.09. The van der Waals surface area contributed by atoms with Crippen LogP contribution in [0.3, 0.4) is 0 Å². The van der Waals surface area contributed by atoms with Crippen LogP contribution in [0.25, 0.3) is 11.6 Å². The predicted molar refractivity (Wildman–Crippen MR) is 261 cm³/mol. The van der Waals surface area contributed by atoms with E-state index < -0.39 is 52.3 Å². The van der Waals surface area contributed by atoms with Crippen molar-refractivity contribution in [2.24, 2.45) is 17.8 Å². The summed E-state index contributed by atoms with van der Waals surface area (Å²) < 4.78 is 20.2. The van der Waals surface area contributed by atoms with Crippen LogP contribution in [0.15, 0.2) is 133 Å². The maximum Gasteiger partial charge on any atom is 0.488 e. The molecule has 1 aromatic heterocycles. The number of fused-ring (bicyclic) bond motifs is 3. The van der Waals surface area contributed by atoms with Crippen molar-refractivity contribution in [1.29, 1.82) is 0 Å². The third kappa shape index (κ3) is 8.78. The van der Waals surface area contributed by atoms with Crippen molar-refractivity contribution in [2.75, 3.05) is 18.6 Å². The molecule has 2 aliphatic heterocycles. The van der Waals surface area contributed by atoms with Crippen molar-refractivity contribution < 1.29 is 43.6 Å². The van der Waals surface area contributed by atoms with Crippen LogP contribution < -0.4 is 25.5 Å². The predicted octanol–water partition coefficient (Wildman–Crippen LogP) is 5.98. The van der Waals surface area contributed by atoms with Crippen LogP contribution in [0.1, 0.15) is 51.3 Å². The highest BCUT2D eigenvalue weighted by Crippen LogP contribution is 2.52. The zero-order valence-electron chi connectivity index (χ0n) is 36.2. The molecule has 2 fully saturated rings. The standard InChI is InChI=1S/C49H51B2IN2O9Si/c1-49(2,3)64(36-16-7-5-8-17-36,37-18-9-6-10-19-37)62-30-33-27-38-45(48(57)54(47(38)56)35-15-13-14-34(28-35)51(59)60)39-29-50(58)63-42(44(33)39)22-21-32(41-20-11-12-23-53-41)24-31-25-40(52)46(55)43(26-31)61-4/h5-20,23-26,28,38-39,42,45,55,58-60H,21-22,27,29-30H2,1-4H3/b32-24-/t38-,39+,42-,45-/m1/s1. The van der Waals surface area contributed by atoms with E-state index in [4.69, 9.17) is 18.8 Å². The number of amides is 2. The fraction of sp³-hybridized carbons (Fsp3) is 0.286. The van der Waals surface area contributed by atoms with Gasteiger partial charge >= 0.3 is 14.2 Å². The summed E-state index contributed by atoms with van der Waals surface area (Å²) in [7, 11) is -4.59. The van der Waals surface area contributed by atoms with E-state index in [-0.39, 0.29) is 47.2 Å². The number of hydrogen-bond donors (Lipinski definition) is 4. The molecule has 4 aromatic carbocycles. The molecule has 5 aromatic rings. The minimum Gasteiger partial charge on any atom is -0.504 e. The molecule has 8 rings (SSSR count). The molecule has 11 nitrogen and oxygen atoms in total. The summed E-state index contributed by atoms with van der Waals surface area (Å²) in [6, 6.07) is 36.2. The van der Waals surface area contributed by atoms with Crippen LogP contribution in [0.5, 0.6) is 11.5 Å². The van der Waals surface area contributed by atoms with Gasteiger partial charge in [0.2, 0.25) is 11.8 Å². The Morgan fingerprint density at radius 3 is 2.25 bits per heavy atom. The molecular weight excluding hydrogens is 937 g/mol. The van der Waals surface area contributed by atoms with Gasteiger partial charge in [-0.2, -0.15) is 0 Å². The van der Waals surface area contributed by atoms with Gasteiger partial charge in [0, 0.05) is 6.20 Å². The van der Waals surface area contributed by atoms with Crippen molar-refractivity contribution in [3.63, 3.8) is 0 Å². The van der Waals surface area contributed by atoms with Gasteiger partial charge in [0.1, 0.15) is 0 Å². The highest BCUT2D eigenvalue weighted by molar-refractivity contribution is 14.1. The Kier molecular flexibility index (Phi) is 13.5. The van der Waals surface area contributed by atoms with Crippen LogP contribution >= 0.6 is 22.6 Å². The van der Waals surface area contributed by atoms with Gasteiger partial charge in [-0.3, -0.25) is 19.5 Å². The second-order valence-corrected chi connectivity index (χ2v) is 23.2. The van der Waals surface area contributed by atoms with Gasteiger partial charge in [-0.15, -0.1) is 0 Å². The number of nitrogens with zero attached hydrogens (tertiary/aromatic N) is 2. The second-order valence-electron chi connectivity index (χ2n) is 17.7. The molecule has 2 amide bonds. The van der Waals surface area contributed by atoms with Crippen LogP contribution in [-0.2, 0) is 18.7 Å². The van der Waals surface area contributed by atoms with Gasteiger partial charge in [0.25, 0.3) is 8.32 Å². The highest BCUT2D eigenvalue weighted by Gasteiger charge is 2.58. The number of ether oxygens (including phenoxy) is 1. The maximum atomic E-state index is 14.7. The summed E-state index contributed by atoms with van der Waals surface area (Å²) in [5.74, 6) is -2.46. The summed E-state index contributed by atoms with van der Waals surface area (Å²) in [5, 5.41) is 44.0. The summed E-state index contributed by atoms with van der Waals surface area (Å²) in [6.07, 6.45) is 4.29. The number of carbonyl (C=O) groups is 2. The van der Waals surface area contributed by atoms with Gasteiger partial charge in [0.15, 0.2) is 11.5 Å². The number of anilines is 1. The quantitative estimate of drug-likeness (QED) is 0.0479. The number of rotatable bonds is 13. The van der Waals surface area contributed by atoms with E-state index in [1.165, 1.54) is 24.1 Å². The summed E-state index contributed by atoms with van der Waals surface area (Å²) in [5.41, 5.74) is 4.59. The number of carbonyl (C=O) groups excluding carboxylic acids is 2. The van der Waals surface area contributed by atoms with E-state index >= 15 is 0 Å². The fourth-order valence-corrected chi connectivity index (χ4v) is 15.3. The normalized spacial score (nSPS) is 20.3. The number of methoxy groups -OCH3 is 1. The number of phenols is 1. The van der Waals surface area contributed by atoms with Crippen LogP contribution in [0.2, 0.25) is 11.4 Å². The Labute approximate surface area is 389 Å². The molecule has 0 spiro atoms. The number of hydrogen-bond acceptors (Lipinski definition) is 10. The highest BCUT2D eigenvalue weighted by atomic mass is 127. The van der Waals surface area contributed by atoms with Gasteiger partial charge in [0.05, 0.1) is 46.6 Å². The molecule has 4 N–H and O–H groups in total. The third-order valence-corrected chi connectivity index (χ3v) is 18.7. The molecule has 3 heterocycles. The van der Waals surface area contributed by atoms with Crippen molar-refractivity contribution in [2.45, 2.75) is 57.5 Å². The van der Waals surface area contributed by atoms with E-state index in [9.17, 15) is 29.8 Å². The number of imide groups is 1. The number of phenolic OH excluding ortho intramolecular Hbond substituents is 1. The Balaban J connectivity index is 1.24. The molecule has 15 heteroatoms. The molecule has 4 atom stereocenters. The summed E-state index contributed by atoms with van der Waals surface area (Å²) in [6.45, 7) is 6.81. The van der Waals surface area contributed by atoms with E-state index in [0.717, 1.165) is 38.4 Å². The zero-order valence-corrected chi connectivity index (χ0v) is 39.4. The van der Waals surface area contributed by atoms with Crippen LogP contribution in [0.4, 0.5) is 5.69 Å². The first-order chi connectivity index (χ1) is 30.7. The molecule has 2 saturated heterocycles. The fourth-order valence-electron chi connectivity index (χ4n) is 10.1. The third-order valence-electron chi connectivity index (χ3n) is 12.9. The number of allylic oxidation sites excluding steroid dienone is 1. The number of benzene rings is 4. The van der Waals surface area contributed by atoms with E-state index in [0.29, 0.717) is 22.2 Å². The first-order valence-corrected chi connectivity index (χ1v) is 24.5. The molecule has 3 aliphatic rings. The Morgan fingerprint density at radius 1 is 0.938 bits per heavy atom. The number of halogens is 1. The largest absolute Gasteiger partial charge is 0.504 e. The van der Waals surface area contributed by atoms with Crippen LogP contribution in [-0.4, -0.2) is 79.4 Å². The lowest BCUT2D eigenvalue weighted by Crippen LogP contribution is -2.66. The second kappa shape index (κ2) is 18.9. The van der Waals surface area contributed by atoms with Crippen LogP contribution in [0, 0.1) is 21.3 Å². The molecule has 0 unspecified atom stereocenters. The smallest absolute Gasteiger partial charge is 0.488 e. The summed E-state index contributed by atoms with van der Waals surface area (Å²) in [4.78, 5) is 35.3. The molecule has 0 saturated carbocycles. The van der Waals surface area contributed by atoms with Crippen molar-refractivity contribution in [3.05, 3.63) is 147 Å². The molecule has 0 bridgehead atoms. The Bertz CT molecular complexity index is 2540. The van der Waals surface area contributed by atoms with Gasteiger partial charge < -0.3 is 34.0 Å².